The summed E-state index contributed by atoms with van der Waals surface area (Å²) in [6, 6.07) is 12.9. The van der Waals surface area contributed by atoms with Crippen molar-refractivity contribution in [2.75, 3.05) is 26.2 Å². The fraction of sp³-hybridized carbons (Fsp3) is 0.278. The van der Waals surface area contributed by atoms with Gasteiger partial charge in [0.25, 0.3) is 0 Å². The molecule has 0 spiro atoms. The van der Waals surface area contributed by atoms with E-state index in [1.165, 1.54) is 4.90 Å². The molecule has 1 N–H and O–H groups in total. The summed E-state index contributed by atoms with van der Waals surface area (Å²) in [4.78, 5) is 14.6. The van der Waals surface area contributed by atoms with Gasteiger partial charge in [0.05, 0.1) is 0 Å². The van der Waals surface area contributed by atoms with Gasteiger partial charge >= 0.3 is 6.09 Å². The van der Waals surface area contributed by atoms with Crippen LogP contribution in [0, 0.1) is 0 Å². The molecule has 0 radical (unpaired) electrons. The van der Waals surface area contributed by atoms with Crippen molar-refractivity contribution in [1.29, 1.82) is 0 Å². The van der Waals surface area contributed by atoms with E-state index in [4.69, 9.17) is 33.0 Å². The molecule has 0 aliphatic carbocycles. The summed E-state index contributed by atoms with van der Waals surface area (Å²) in [6.07, 6.45) is -0.852. The monoisotopic (exact) mass is 380 g/mol. The molecule has 25 heavy (non-hydrogen) atoms. The number of carbonyl (C=O) groups is 1. The molecule has 1 amide bonds. The van der Waals surface area contributed by atoms with Crippen LogP contribution in [-0.4, -0.2) is 47.2 Å². The van der Waals surface area contributed by atoms with Gasteiger partial charge in [-0.2, -0.15) is 0 Å². The van der Waals surface area contributed by atoms with Gasteiger partial charge in [0.1, 0.15) is 11.5 Å². The lowest BCUT2D eigenvalue weighted by Gasteiger charge is -2.33. The molecular weight excluding hydrogens is 363 g/mol. The summed E-state index contributed by atoms with van der Waals surface area (Å²) in [6.45, 7) is 3.27. The molecule has 0 atom stereocenters. The molecule has 5 nitrogen and oxygen atoms in total. The minimum Gasteiger partial charge on any atom is -0.465 e. The fourth-order valence-corrected chi connectivity index (χ4v) is 3.29. The van der Waals surface area contributed by atoms with Crippen molar-refractivity contribution in [3.8, 4) is 11.5 Å². The fourth-order valence-electron chi connectivity index (χ4n) is 2.79. The van der Waals surface area contributed by atoms with Crippen molar-refractivity contribution in [2.24, 2.45) is 0 Å². The van der Waals surface area contributed by atoms with Crippen LogP contribution in [0.5, 0.6) is 11.5 Å². The molecule has 1 aliphatic heterocycles. The third-order valence-electron chi connectivity index (χ3n) is 4.02. The number of hydrogen-bond acceptors (Lipinski definition) is 3. The first-order chi connectivity index (χ1) is 12.0. The van der Waals surface area contributed by atoms with E-state index in [9.17, 15) is 4.79 Å². The van der Waals surface area contributed by atoms with Gasteiger partial charge in [0, 0.05) is 42.8 Å². The molecule has 132 valence electrons. The maximum atomic E-state index is 11.0. The third kappa shape index (κ3) is 5.01. The van der Waals surface area contributed by atoms with E-state index in [-0.39, 0.29) is 0 Å². The van der Waals surface area contributed by atoms with Gasteiger partial charge < -0.3 is 14.7 Å². The molecule has 7 heteroatoms. The highest BCUT2D eigenvalue weighted by molar-refractivity contribution is 6.34. The summed E-state index contributed by atoms with van der Waals surface area (Å²) < 4.78 is 5.85. The van der Waals surface area contributed by atoms with Crippen LogP contribution in [0.2, 0.25) is 10.0 Å². The number of benzene rings is 2. The van der Waals surface area contributed by atoms with Crippen LogP contribution in [-0.2, 0) is 6.54 Å². The van der Waals surface area contributed by atoms with Gasteiger partial charge in [0.15, 0.2) is 0 Å². The van der Waals surface area contributed by atoms with Crippen LogP contribution in [0.1, 0.15) is 5.56 Å². The van der Waals surface area contributed by atoms with Gasteiger partial charge in [-0.05, 0) is 35.9 Å². The Labute approximate surface area is 156 Å². The van der Waals surface area contributed by atoms with Crippen LogP contribution in [0.15, 0.2) is 42.5 Å². The number of piperazine rings is 1. The maximum absolute atomic E-state index is 11.0. The molecule has 0 unspecified atom stereocenters. The van der Waals surface area contributed by atoms with Crippen molar-refractivity contribution in [3.63, 3.8) is 0 Å². The van der Waals surface area contributed by atoms with Gasteiger partial charge in [-0.25, -0.2) is 4.79 Å². The van der Waals surface area contributed by atoms with E-state index < -0.39 is 6.09 Å². The predicted molar refractivity (Wildman–Crippen MR) is 97.9 cm³/mol. The number of ether oxygens (including phenoxy) is 1. The van der Waals surface area contributed by atoms with Gasteiger partial charge in [0.2, 0.25) is 0 Å². The van der Waals surface area contributed by atoms with Gasteiger partial charge in [-0.15, -0.1) is 0 Å². The average molecular weight is 381 g/mol. The molecule has 0 aromatic heterocycles. The lowest BCUT2D eigenvalue weighted by molar-refractivity contribution is 0.103. The van der Waals surface area contributed by atoms with Crippen molar-refractivity contribution >= 4 is 29.3 Å². The largest absolute Gasteiger partial charge is 0.465 e. The summed E-state index contributed by atoms with van der Waals surface area (Å²) in [5, 5.41) is 10.0. The van der Waals surface area contributed by atoms with Crippen molar-refractivity contribution in [3.05, 3.63) is 58.1 Å². The zero-order chi connectivity index (χ0) is 17.8. The lowest BCUT2D eigenvalue weighted by Crippen LogP contribution is -2.47. The molecule has 1 fully saturated rings. The Kier molecular flexibility index (Phi) is 5.68. The van der Waals surface area contributed by atoms with Crippen LogP contribution in [0.25, 0.3) is 0 Å². The van der Waals surface area contributed by atoms with Crippen molar-refractivity contribution in [1.82, 2.24) is 9.80 Å². The second kappa shape index (κ2) is 7.95. The van der Waals surface area contributed by atoms with Crippen LogP contribution in [0.4, 0.5) is 4.79 Å². The summed E-state index contributed by atoms with van der Waals surface area (Å²) >= 11 is 12.0. The van der Waals surface area contributed by atoms with Crippen LogP contribution < -0.4 is 4.74 Å². The Hall–Kier alpha value is -1.95. The highest BCUT2D eigenvalue weighted by Crippen LogP contribution is 2.29. The molecule has 2 aromatic rings. The van der Waals surface area contributed by atoms with Crippen LogP contribution >= 0.6 is 23.2 Å². The molecule has 1 aliphatic rings. The van der Waals surface area contributed by atoms with Gasteiger partial charge in [-0.3, -0.25) is 4.90 Å². The Bertz CT molecular complexity index is 741. The standard InChI is InChI=1S/C18H18Cl2N2O3/c19-14-9-15(20)11-17(10-14)25-16-3-1-2-13(8-16)12-21-4-6-22(7-5-21)18(23)24/h1-3,8-11H,4-7,12H2,(H,23,24). The SMILES string of the molecule is O=C(O)N1CCN(Cc2cccc(Oc3cc(Cl)cc(Cl)c3)c2)CC1. The Morgan fingerprint density at radius 3 is 2.32 bits per heavy atom. The minimum absolute atomic E-state index is 0.523. The zero-order valence-corrected chi connectivity index (χ0v) is 15.0. The van der Waals surface area contributed by atoms with Gasteiger partial charge in [-0.1, -0.05) is 35.3 Å². The molecule has 1 saturated heterocycles. The molecule has 2 aromatic carbocycles. The minimum atomic E-state index is -0.852. The summed E-state index contributed by atoms with van der Waals surface area (Å²) in [5.41, 5.74) is 1.11. The first-order valence-electron chi connectivity index (χ1n) is 7.93. The van der Waals surface area contributed by atoms with E-state index >= 15 is 0 Å². The Balaban J connectivity index is 1.63. The Morgan fingerprint density at radius 2 is 1.68 bits per heavy atom. The second-order valence-corrected chi connectivity index (χ2v) is 6.77. The highest BCUT2D eigenvalue weighted by atomic mass is 35.5. The van der Waals surface area contributed by atoms with E-state index in [0.29, 0.717) is 34.6 Å². The molecule has 0 bridgehead atoms. The zero-order valence-electron chi connectivity index (χ0n) is 13.5. The number of carboxylic acid groups (broad SMARTS) is 1. The number of nitrogens with zero attached hydrogens (tertiary/aromatic N) is 2. The van der Waals surface area contributed by atoms with E-state index in [1.807, 2.05) is 24.3 Å². The summed E-state index contributed by atoms with van der Waals surface area (Å²) in [5.74, 6) is 1.30. The number of halogens is 2. The average Bonchev–Trinajstić information content (AvgIpc) is 2.54. The third-order valence-corrected chi connectivity index (χ3v) is 4.46. The summed E-state index contributed by atoms with van der Waals surface area (Å²) in [7, 11) is 0. The molecule has 1 heterocycles. The van der Waals surface area contributed by atoms with E-state index in [0.717, 1.165) is 25.2 Å². The quantitative estimate of drug-likeness (QED) is 0.842. The predicted octanol–water partition coefficient (Wildman–Crippen LogP) is 4.58. The number of rotatable bonds is 4. The first kappa shape index (κ1) is 17.9. The van der Waals surface area contributed by atoms with E-state index in [1.54, 1.807) is 18.2 Å². The normalized spacial score (nSPS) is 15.2. The second-order valence-electron chi connectivity index (χ2n) is 5.90. The maximum Gasteiger partial charge on any atom is 0.407 e. The smallest absolute Gasteiger partial charge is 0.407 e. The number of hydrogen-bond donors (Lipinski definition) is 1. The van der Waals surface area contributed by atoms with Crippen molar-refractivity contribution in [2.45, 2.75) is 6.54 Å². The topological polar surface area (TPSA) is 53.0 Å². The lowest BCUT2D eigenvalue weighted by atomic mass is 10.2. The van der Waals surface area contributed by atoms with Crippen LogP contribution in [0.3, 0.4) is 0 Å². The number of amides is 1. The highest BCUT2D eigenvalue weighted by Gasteiger charge is 2.20. The van der Waals surface area contributed by atoms with E-state index in [2.05, 4.69) is 4.90 Å². The Morgan fingerprint density at radius 1 is 1.00 bits per heavy atom. The molecule has 0 saturated carbocycles. The molecular formula is C18H18Cl2N2O3. The first-order valence-corrected chi connectivity index (χ1v) is 8.68. The van der Waals surface area contributed by atoms with Crippen molar-refractivity contribution < 1.29 is 14.6 Å². The molecule has 3 rings (SSSR count).